The molecule has 0 N–H and O–H groups in total. The SMILES string of the molecule is CCN(CC)CCN(C(=O)C1c2ccccc2Oc2ccccc21)c1nc2c(C)ccc(Cl)c2s1. The Morgan fingerprint density at radius 2 is 1.60 bits per heavy atom. The number of halogens is 1. The normalized spacial score (nSPS) is 12.9. The van der Waals surface area contributed by atoms with Gasteiger partial charge in [-0.3, -0.25) is 9.69 Å². The van der Waals surface area contributed by atoms with Gasteiger partial charge in [-0.2, -0.15) is 0 Å². The van der Waals surface area contributed by atoms with E-state index in [-0.39, 0.29) is 5.91 Å². The molecule has 4 aromatic rings. The largest absolute Gasteiger partial charge is 0.457 e. The van der Waals surface area contributed by atoms with Crippen molar-refractivity contribution < 1.29 is 9.53 Å². The van der Waals surface area contributed by atoms with Gasteiger partial charge in [0.1, 0.15) is 11.5 Å². The molecule has 0 atom stereocenters. The van der Waals surface area contributed by atoms with Gasteiger partial charge >= 0.3 is 0 Å². The van der Waals surface area contributed by atoms with Crippen molar-refractivity contribution in [2.75, 3.05) is 31.1 Å². The highest BCUT2D eigenvalue weighted by Gasteiger charge is 2.36. The lowest BCUT2D eigenvalue weighted by molar-refractivity contribution is -0.119. The molecule has 1 aliphatic heterocycles. The average molecular weight is 506 g/mol. The summed E-state index contributed by atoms with van der Waals surface area (Å²) in [6, 6.07) is 19.5. The van der Waals surface area contributed by atoms with Crippen LogP contribution in [0.3, 0.4) is 0 Å². The van der Waals surface area contributed by atoms with Gasteiger partial charge in [-0.1, -0.05) is 79.2 Å². The topological polar surface area (TPSA) is 45.7 Å². The molecular formula is C28H28ClN3O2S. The number of aryl methyl sites for hydroxylation is 1. The number of ether oxygens (including phenoxy) is 1. The summed E-state index contributed by atoms with van der Waals surface area (Å²) >= 11 is 8.00. The first kappa shape index (κ1) is 23.8. The zero-order chi connectivity index (χ0) is 24.5. The first-order valence-electron chi connectivity index (χ1n) is 12.0. The van der Waals surface area contributed by atoms with Gasteiger partial charge in [0.05, 0.1) is 21.2 Å². The first-order valence-corrected chi connectivity index (χ1v) is 13.2. The van der Waals surface area contributed by atoms with Gasteiger partial charge in [0.15, 0.2) is 5.13 Å². The van der Waals surface area contributed by atoms with E-state index in [2.05, 4.69) is 18.7 Å². The third kappa shape index (κ3) is 4.42. The minimum absolute atomic E-state index is 0.00631. The summed E-state index contributed by atoms with van der Waals surface area (Å²) in [5.41, 5.74) is 3.65. The molecule has 35 heavy (non-hydrogen) atoms. The molecule has 5 rings (SSSR count). The highest BCUT2D eigenvalue weighted by molar-refractivity contribution is 7.23. The molecule has 7 heteroatoms. The van der Waals surface area contributed by atoms with E-state index in [1.165, 1.54) is 11.3 Å². The lowest BCUT2D eigenvalue weighted by Gasteiger charge is -2.32. The maximum Gasteiger partial charge on any atom is 0.241 e. The Labute approximate surface area is 214 Å². The molecule has 0 unspecified atom stereocenters. The van der Waals surface area contributed by atoms with Crippen LogP contribution in [-0.2, 0) is 4.79 Å². The Morgan fingerprint density at radius 3 is 2.20 bits per heavy atom. The highest BCUT2D eigenvalue weighted by atomic mass is 35.5. The number of nitrogens with zero attached hydrogens (tertiary/aromatic N) is 3. The van der Waals surface area contributed by atoms with Gasteiger partial charge in [0.2, 0.25) is 5.91 Å². The van der Waals surface area contributed by atoms with E-state index in [9.17, 15) is 4.79 Å². The van der Waals surface area contributed by atoms with Gasteiger partial charge in [0.25, 0.3) is 0 Å². The maximum atomic E-state index is 14.4. The number of likely N-dealkylation sites (N-methyl/N-ethyl adjacent to an activating group) is 1. The maximum absolute atomic E-state index is 14.4. The van der Waals surface area contributed by atoms with Crippen LogP contribution in [0.1, 0.15) is 36.5 Å². The first-order chi connectivity index (χ1) is 17.0. The van der Waals surface area contributed by atoms with Crippen molar-refractivity contribution in [1.29, 1.82) is 0 Å². The van der Waals surface area contributed by atoms with Crippen molar-refractivity contribution in [3.05, 3.63) is 82.4 Å². The molecule has 1 aliphatic rings. The number of fused-ring (bicyclic) bond motifs is 3. The standard InChI is InChI=1S/C28H28ClN3O2S/c1-4-31(5-2)16-17-32(28-30-25-18(3)14-15-21(29)26(25)35-28)27(33)24-19-10-6-8-12-22(19)34-23-13-9-7-11-20(23)24/h6-15,24H,4-5,16-17H2,1-3H3. The lowest BCUT2D eigenvalue weighted by Crippen LogP contribution is -2.42. The second-order valence-electron chi connectivity index (χ2n) is 8.67. The molecule has 180 valence electrons. The third-order valence-corrected chi connectivity index (χ3v) is 8.18. The minimum atomic E-state index is -0.476. The second-order valence-corrected chi connectivity index (χ2v) is 10.1. The van der Waals surface area contributed by atoms with Crippen LogP contribution in [0, 0.1) is 6.92 Å². The van der Waals surface area contributed by atoms with E-state index < -0.39 is 5.92 Å². The van der Waals surface area contributed by atoms with Gasteiger partial charge < -0.3 is 9.64 Å². The average Bonchev–Trinajstić information content (AvgIpc) is 3.33. The molecule has 0 saturated heterocycles. The molecule has 0 spiro atoms. The number of carbonyl (C=O) groups excluding carboxylic acids is 1. The van der Waals surface area contributed by atoms with Crippen LogP contribution in [0.15, 0.2) is 60.7 Å². The van der Waals surface area contributed by atoms with Crippen molar-refractivity contribution in [3.63, 3.8) is 0 Å². The number of anilines is 1. The quantitative estimate of drug-likeness (QED) is 0.275. The smallest absolute Gasteiger partial charge is 0.241 e. The fraction of sp³-hybridized carbons (Fsp3) is 0.286. The van der Waals surface area contributed by atoms with Crippen LogP contribution in [0.4, 0.5) is 5.13 Å². The molecule has 1 amide bonds. The van der Waals surface area contributed by atoms with Crippen LogP contribution in [0.2, 0.25) is 5.02 Å². The Morgan fingerprint density at radius 1 is 0.971 bits per heavy atom. The number of benzene rings is 3. The van der Waals surface area contributed by atoms with Crippen LogP contribution >= 0.6 is 22.9 Å². The summed E-state index contributed by atoms with van der Waals surface area (Å²) in [4.78, 5) is 23.5. The molecule has 5 nitrogen and oxygen atoms in total. The fourth-order valence-electron chi connectivity index (χ4n) is 4.62. The summed E-state index contributed by atoms with van der Waals surface area (Å²) in [6.07, 6.45) is 0. The number of amides is 1. The van der Waals surface area contributed by atoms with Crippen molar-refractivity contribution in [2.24, 2.45) is 0 Å². The zero-order valence-corrected chi connectivity index (χ0v) is 21.7. The van der Waals surface area contributed by atoms with Gasteiger partial charge in [-0.15, -0.1) is 0 Å². The lowest BCUT2D eigenvalue weighted by atomic mass is 9.87. The monoisotopic (exact) mass is 505 g/mol. The minimum Gasteiger partial charge on any atom is -0.457 e. The summed E-state index contributed by atoms with van der Waals surface area (Å²) in [5.74, 6) is 0.956. The number of para-hydroxylation sites is 2. The van der Waals surface area contributed by atoms with Gasteiger partial charge in [0, 0.05) is 24.2 Å². The van der Waals surface area contributed by atoms with E-state index in [4.69, 9.17) is 21.3 Å². The number of hydrogen-bond acceptors (Lipinski definition) is 5. The van der Waals surface area contributed by atoms with E-state index in [1.807, 2.05) is 72.5 Å². The van der Waals surface area contributed by atoms with E-state index in [0.29, 0.717) is 16.7 Å². The summed E-state index contributed by atoms with van der Waals surface area (Å²) in [6.45, 7) is 9.45. The second kappa shape index (κ2) is 9.97. The molecule has 0 aliphatic carbocycles. The van der Waals surface area contributed by atoms with Crippen molar-refractivity contribution in [1.82, 2.24) is 9.88 Å². The van der Waals surface area contributed by atoms with Gasteiger partial charge in [-0.05, 0) is 43.8 Å². The van der Waals surface area contributed by atoms with Crippen molar-refractivity contribution >= 4 is 44.2 Å². The molecular weight excluding hydrogens is 478 g/mol. The summed E-state index contributed by atoms with van der Waals surface area (Å²) in [7, 11) is 0. The molecule has 2 heterocycles. The summed E-state index contributed by atoms with van der Waals surface area (Å²) < 4.78 is 7.06. The predicted octanol–water partition coefficient (Wildman–Crippen LogP) is 6.87. The Balaban J connectivity index is 1.62. The fourth-order valence-corrected chi connectivity index (χ4v) is 5.97. The van der Waals surface area contributed by atoms with Crippen molar-refractivity contribution in [3.8, 4) is 11.5 Å². The number of hydrogen-bond donors (Lipinski definition) is 0. The van der Waals surface area contributed by atoms with Crippen LogP contribution < -0.4 is 9.64 Å². The molecule has 0 saturated carbocycles. The number of carbonyl (C=O) groups is 1. The van der Waals surface area contributed by atoms with E-state index in [0.717, 1.165) is 58.0 Å². The van der Waals surface area contributed by atoms with E-state index in [1.54, 1.807) is 0 Å². The highest BCUT2D eigenvalue weighted by Crippen LogP contribution is 2.45. The Hall–Kier alpha value is -2.93. The van der Waals surface area contributed by atoms with Crippen LogP contribution in [0.5, 0.6) is 11.5 Å². The predicted molar refractivity (Wildman–Crippen MR) is 144 cm³/mol. The molecule has 1 aromatic heterocycles. The zero-order valence-electron chi connectivity index (χ0n) is 20.1. The third-order valence-electron chi connectivity index (χ3n) is 6.64. The molecule has 0 fully saturated rings. The number of aromatic nitrogens is 1. The number of thiazole rings is 1. The molecule has 0 radical (unpaired) electrons. The van der Waals surface area contributed by atoms with Gasteiger partial charge in [-0.25, -0.2) is 4.98 Å². The molecule has 3 aromatic carbocycles. The van der Waals surface area contributed by atoms with Crippen LogP contribution in [-0.4, -0.2) is 42.0 Å². The Bertz CT molecular complexity index is 1300. The summed E-state index contributed by atoms with van der Waals surface area (Å²) in [5, 5.41) is 1.34. The Kier molecular flexibility index (Phi) is 6.78. The molecule has 0 bridgehead atoms. The number of rotatable bonds is 7. The van der Waals surface area contributed by atoms with E-state index >= 15 is 0 Å². The van der Waals surface area contributed by atoms with Crippen molar-refractivity contribution in [2.45, 2.75) is 26.7 Å². The van der Waals surface area contributed by atoms with Crippen LogP contribution in [0.25, 0.3) is 10.2 Å².